The number of nitrogens with zero attached hydrogens (tertiary/aromatic N) is 1. The zero-order valence-corrected chi connectivity index (χ0v) is 17.4. The number of carbonyl (C=O) groups excluding carboxylic acids is 1. The summed E-state index contributed by atoms with van der Waals surface area (Å²) in [6.45, 7) is 2.45. The lowest BCUT2D eigenvalue weighted by molar-refractivity contribution is -0.113. The molecule has 1 aliphatic rings. The van der Waals surface area contributed by atoms with E-state index in [4.69, 9.17) is 21.7 Å². The minimum Gasteiger partial charge on any atom is -0.493 e. The Balaban J connectivity index is 1.96. The molecule has 0 N–H and O–H groups in total. The molecule has 134 valence electrons. The molecule has 1 fully saturated rings. The molecule has 0 aliphatic carbocycles. The van der Waals surface area contributed by atoms with Gasteiger partial charge in [-0.2, -0.15) is 0 Å². The maximum absolute atomic E-state index is 12.8. The van der Waals surface area contributed by atoms with Gasteiger partial charge in [0.25, 0.3) is 5.91 Å². The first kappa shape index (κ1) is 18.9. The molecule has 1 saturated heterocycles. The number of hydrogen-bond donors (Lipinski definition) is 0. The first-order valence-electron chi connectivity index (χ1n) is 7.88. The fraction of sp³-hybridized carbons (Fsp3) is 0.158. The van der Waals surface area contributed by atoms with Gasteiger partial charge >= 0.3 is 0 Å². The molecule has 0 unspecified atom stereocenters. The van der Waals surface area contributed by atoms with Gasteiger partial charge in [0, 0.05) is 4.47 Å². The van der Waals surface area contributed by atoms with Crippen LogP contribution in [0.4, 0.5) is 5.69 Å². The monoisotopic (exact) mass is 449 g/mol. The number of rotatable bonds is 5. The standard InChI is InChI=1S/C19H16BrNO3S2/c1-3-24-16-11-14(20)12(9-15(16)23-2)10-17-18(22)21(19(25)26-17)13-7-5-4-6-8-13/h4-11H,3H2,1-2H3/b17-10+. The predicted molar refractivity (Wildman–Crippen MR) is 114 cm³/mol. The second-order valence-electron chi connectivity index (χ2n) is 5.31. The first-order valence-corrected chi connectivity index (χ1v) is 9.90. The fourth-order valence-electron chi connectivity index (χ4n) is 2.50. The van der Waals surface area contributed by atoms with Gasteiger partial charge in [-0.25, -0.2) is 0 Å². The number of halogens is 1. The summed E-state index contributed by atoms with van der Waals surface area (Å²) in [6, 6.07) is 13.1. The minimum atomic E-state index is -0.133. The van der Waals surface area contributed by atoms with Crippen molar-refractivity contribution in [2.24, 2.45) is 0 Å². The van der Waals surface area contributed by atoms with Crippen LogP contribution in [0.1, 0.15) is 12.5 Å². The number of para-hydroxylation sites is 1. The molecular weight excluding hydrogens is 434 g/mol. The quantitative estimate of drug-likeness (QED) is 0.459. The van der Waals surface area contributed by atoms with E-state index >= 15 is 0 Å². The van der Waals surface area contributed by atoms with Crippen molar-refractivity contribution in [2.45, 2.75) is 6.92 Å². The van der Waals surface area contributed by atoms with Gasteiger partial charge < -0.3 is 9.47 Å². The van der Waals surface area contributed by atoms with Gasteiger partial charge in [0.15, 0.2) is 15.8 Å². The van der Waals surface area contributed by atoms with Gasteiger partial charge in [-0.15, -0.1) is 0 Å². The molecule has 0 atom stereocenters. The second-order valence-corrected chi connectivity index (χ2v) is 7.84. The number of hydrogen-bond acceptors (Lipinski definition) is 5. The third-order valence-corrected chi connectivity index (χ3v) is 5.67. The topological polar surface area (TPSA) is 38.8 Å². The van der Waals surface area contributed by atoms with Crippen LogP contribution in [0.2, 0.25) is 0 Å². The van der Waals surface area contributed by atoms with Gasteiger partial charge in [-0.05, 0) is 42.8 Å². The van der Waals surface area contributed by atoms with E-state index in [1.807, 2.05) is 55.5 Å². The van der Waals surface area contributed by atoms with Crippen molar-refractivity contribution in [3.8, 4) is 11.5 Å². The molecule has 1 aliphatic heterocycles. The van der Waals surface area contributed by atoms with Crippen molar-refractivity contribution < 1.29 is 14.3 Å². The van der Waals surface area contributed by atoms with Crippen LogP contribution in [0.3, 0.4) is 0 Å². The molecule has 2 aromatic carbocycles. The summed E-state index contributed by atoms with van der Waals surface area (Å²) in [4.78, 5) is 14.9. The Hall–Kier alpha value is -1.83. The van der Waals surface area contributed by atoms with Crippen LogP contribution in [-0.4, -0.2) is 23.9 Å². The molecule has 4 nitrogen and oxygen atoms in total. The molecule has 1 amide bonds. The van der Waals surface area contributed by atoms with Gasteiger partial charge in [0.05, 0.1) is 24.3 Å². The zero-order chi connectivity index (χ0) is 18.7. The number of amides is 1. The van der Waals surface area contributed by atoms with Gasteiger partial charge in [-0.3, -0.25) is 9.69 Å². The van der Waals surface area contributed by atoms with Crippen LogP contribution in [0.25, 0.3) is 6.08 Å². The second kappa shape index (κ2) is 8.24. The zero-order valence-electron chi connectivity index (χ0n) is 14.2. The van der Waals surface area contributed by atoms with Crippen LogP contribution in [0.15, 0.2) is 51.8 Å². The smallest absolute Gasteiger partial charge is 0.270 e. The van der Waals surface area contributed by atoms with E-state index in [1.165, 1.54) is 11.8 Å². The lowest BCUT2D eigenvalue weighted by Crippen LogP contribution is -2.27. The molecule has 3 rings (SSSR count). The maximum Gasteiger partial charge on any atom is 0.270 e. The van der Waals surface area contributed by atoms with E-state index in [2.05, 4.69) is 15.9 Å². The summed E-state index contributed by atoms with van der Waals surface area (Å²) in [5, 5.41) is 0. The van der Waals surface area contributed by atoms with E-state index in [-0.39, 0.29) is 5.91 Å². The van der Waals surface area contributed by atoms with Crippen molar-refractivity contribution in [2.75, 3.05) is 18.6 Å². The normalized spacial score (nSPS) is 15.7. The molecule has 26 heavy (non-hydrogen) atoms. The van der Waals surface area contributed by atoms with Crippen LogP contribution in [-0.2, 0) is 4.79 Å². The average molecular weight is 450 g/mol. The first-order chi connectivity index (χ1) is 12.5. The molecule has 0 spiro atoms. The highest BCUT2D eigenvalue weighted by Crippen LogP contribution is 2.39. The lowest BCUT2D eigenvalue weighted by atomic mass is 10.1. The van der Waals surface area contributed by atoms with E-state index in [1.54, 1.807) is 12.0 Å². The Morgan fingerprint density at radius 2 is 1.96 bits per heavy atom. The largest absolute Gasteiger partial charge is 0.493 e. The highest BCUT2D eigenvalue weighted by Gasteiger charge is 2.33. The van der Waals surface area contributed by atoms with E-state index < -0.39 is 0 Å². The number of anilines is 1. The average Bonchev–Trinajstić information content (AvgIpc) is 2.91. The highest BCUT2D eigenvalue weighted by molar-refractivity contribution is 9.10. The molecule has 0 bridgehead atoms. The Morgan fingerprint density at radius 1 is 1.23 bits per heavy atom. The Bertz CT molecular complexity index is 884. The molecule has 0 saturated carbocycles. The van der Waals surface area contributed by atoms with Crippen LogP contribution in [0, 0.1) is 0 Å². The molecular formula is C19H16BrNO3S2. The summed E-state index contributed by atoms with van der Waals surface area (Å²) in [5.74, 6) is 1.13. The van der Waals surface area contributed by atoms with Crippen molar-refractivity contribution in [3.63, 3.8) is 0 Å². The van der Waals surface area contributed by atoms with Crippen molar-refractivity contribution in [1.82, 2.24) is 0 Å². The highest BCUT2D eigenvalue weighted by atomic mass is 79.9. The third-order valence-electron chi connectivity index (χ3n) is 3.68. The maximum atomic E-state index is 12.8. The minimum absolute atomic E-state index is 0.133. The predicted octanol–water partition coefficient (Wildman–Crippen LogP) is 5.26. The van der Waals surface area contributed by atoms with E-state index in [0.29, 0.717) is 27.3 Å². The molecule has 0 radical (unpaired) electrons. The van der Waals surface area contributed by atoms with Gasteiger partial charge in [0.2, 0.25) is 0 Å². The molecule has 1 heterocycles. The lowest BCUT2D eigenvalue weighted by Gasteiger charge is -2.14. The van der Waals surface area contributed by atoms with E-state index in [9.17, 15) is 4.79 Å². The SMILES string of the molecule is CCOc1cc(Br)c(/C=C2/SC(=S)N(c3ccccc3)C2=O)cc1OC. The molecule has 0 aromatic heterocycles. The van der Waals surface area contributed by atoms with Gasteiger partial charge in [-0.1, -0.05) is 58.1 Å². The third kappa shape index (κ3) is 3.79. The number of thiocarbonyl (C=S) groups is 1. The van der Waals surface area contributed by atoms with E-state index in [0.717, 1.165) is 15.7 Å². The van der Waals surface area contributed by atoms with Crippen molar-refractivity contribution >= 4 is 61.9 Å². The van der Waals surface area contributed by atoms with Crippen LogP contribution in [0.5, 0.6) is 11.5 Å². The molecule has 2 aromatic rings. The van der Waals surface area contributed by atoms with Gasteiger partial charge in [0.1, 0.15) is 0 Å². The summed E-state index contributed by atoms with van der Waals surface area (Å²) >= 11 is 10.2. The summed E-state index contributed by atoms with van der Waals surface area (Å²) < 4.78 is 12.3. The fourth-order valence-corrected chi connectivity index (χ4v) is 4.22. The number of methoxy groups -OCH3 is 1. The number of ether oxygens (including phenoxy) is 2. The Labute approximate surface area is 170 Å². The summed E-state index contributed by atoms with van der Waals surface area (Å²) in [7, 11) is 1.59. The Kier molecular flexibility index (Phi) is 6.01. The van der Waals surface area contributed by atoms with Crippen molar-refractivity contribution in [3.05, 3.63) is 57.4 Å². The van der Waals surface area contributed by atoms with Crippen LogP contribution >= 0.6 is 39.9 Å². The summed E-state index contributed by atoms with van der Waals surface area (Å²) in [5.41, 5.74) is 1.58. The van der Waals surface area contributed by atoms with Crippen LogP contribution < -0.4 is 14.4 Å². The number of thioether (sulfide) groups is 1. The van der Waals surface area contributed by atoms with Crippen molar-refractivity contribution in [1.29, 1.82) is 0 Å². The number of benzene rings is 2. The molecule has 7 heteroatoms. The Morgan fingerprint density at radius 3 is 2.62 bits per heavy atom. The summed E-state index contributed by atoms with van der Waals surface area (Å²) in [6.07, 6.45) is 1.81. The number of carbonyl (C=O) groups is 1.